The average molecular weight is 268 g/mol. The van der Waals surface area contributed by atoms with Crippen LogP contribution in [0.4, 0.5) is 0 Å². The Morgan fingerprint density at radius 1 is 1.26 bits per heavy atom. The number of hydrogen-bond donors (Lipinski definition) is 1. The topological polar surface area (TPSA) is 80.9 Å². The summed E-state index contributed by atoms with van der Waals surface area (Å²) in [5.74, 6) is 0.0155. The first-order valence-electron chi connectivity index (χ1n) is 7.17. The molecular formula is C13H24N4O2. The number of hydrogen-bond acceptors (Lipinski definition) is 4. The molecule has 0 aromatic carbocycles. The zero-order chi connectivity index (χ0) is 14.1. The third-order valence-corrected chi connectivity index (χ3v) is 3.19. The lowest BCUT2D eigenvalue weighted by molar-refractivity contribution is -0.138. The summed E-state index contributed by atoms with van der Waals surface area (Å²) in [6, 6.07) is -0.126. The van der Waals surface area contributed by atoms with Crippen LogP contribution in [-0.2, 0) is 11.2 Å². The molecule has 1 rings (SSSR count). The third kappa shape index (κ3) is 5.36. The quantitative estimate of drug-likeness (QED) is 0.660. The number of unbranched alkanes of at least 4 members (excludes halogenated alkanes) is 3. The van der Waals surface area contributed by atoms with Crippen molar-refractivity contribution in [1.82, 2.24) is 20.2 Å². The number of aryl methyl sites for hydroxylation is 1. The third-order valence-electron chi connectivity index (χ3n) is 3.19. The average Bonchev–Trinajstić information content (AvgIpc) is 2.82. The SMILES string of the molecule is CCCCCCc1nnnn1C(CCC)CC(=O)O. The molecule has 1 N–H and O–H groups in total. The van der Waals surface area contributed by atoms with Crippen LogP contribution in [0.5, 0.6) is 0 Å². The van der Waals surface area contributed by atoms with Crippen molar-refractivity contribution in [2.24, 2.45) is 0 Å². The van der Waals surface area contributed by atoms with Gasteiger partial charge in [0.2, 0.25) is 0 Å². The number of rotatable bonds is 10. The van der Waals surface area contributed by atoms with Gasteiger partial charge in [-0.3, -0.25) is 4.79 Å². The molecule has 0 aliphatic carbocycles. The summed E-state index contributed by atoms with van der Waals surface area (Å²) >= 11 is 0. The predicted molar refractivity (Wildman–Crippen MR) is 71.9 cm³/mol. The van der Waals surface area contributed by atoms with Gasteiger partial charge in [0.25, 0.3) is 0 Å². The van der Waals surface area contributed by atoms with E-state index >= 15 is 0 Å². The molecule has 0 saturated carbocycles. The standard InChI is InChI=1S/C13H24N4O2/c1-3-5-6-7-9-12-14-15-16-17(12)11(8-4-2)10-13(18)19/h11H,3-10H2,1-2H3,(H,18,19). The monoisotopic (exact) mass is 268 g/mol. The second kappa shape index (κ2) is 8.61. The van der Waals surface area contributed by atoms with Crippen LogP contribution in [0, 0.1) is 0 Å². The van der Waals surface area contributed by atoms with Gasteiger partial charge in [0.1, 0.15) is 0 Å². The van der Waals surface area contributed by atoms with Crippen LogP contribution in [0.3, 0.4) is 0 Å². The van der Waals surface area contributed by atoms with E-state index in [1.807, 2.05) is 6.92 Å². The molecule has 0 bridgehead atoms. The maximum absolute atomic E-state index is 10.9. The van der Waals surface area contributed by atoms with Crippen LogP contribution in [0.1, 0.15) is 70.7 Å². The number of carbonyl (C=O) groups is 1. The highest BCUT2D eigenvalue weighted by Gasteiger charge is 2.19. The minimum absolute atomic E-state index is 0.0842. The Kier molecular flexibility index (Phi) is 7.07. The van der Waals surface area contributed by atoms with E-state index in [1.54, 1.807) is 4.68 Å². The lowest BCUT2D eigenvalue weighted by atomic mass is 10.1. The Balaban J connectivity index is 2.63. The number of aliphatic carboxylic acids is 1. The molecule has 0 amide bonds. The van der Waals surface area contributed by atoms with Gasteiger partial charge in [-0.2, -0.15) is 0 Å². The molecule has 0 aliphatic rings. The molecule has 108 valence electrons. The van der Waals surface area contributed by atoms with Crippen LogP contribution < -0.4 is 0 Å². The van der Waals surface area contributed by atoms with E-state index in [0.717, 1.165) is 31.5 Å². The lowest BCUT2D eigenvalue weighted by Gasteiger charge is -2.15. The van der Waals surface area contributed by atoms with Gasteiger partial charge in [0.15, 0.2) is 5.82 Å². The van der Waals surface area contributed by atoms with Crippen LogP contribution in [0.15, 0.2) is 0 Å². The van der Waals surface area contributed by atoms with Gasteiger partial charge < -0.3 is 5.11 Å². The molecule has 0 saturated heterocycles. The summed E-state index contributed by atoms with van der Waals surface area (Å²) in [7, 11) is 0. The van der Waals surface area contributed by atoms with Crippen LogP contribution in [0.2, 0.25) is 0 Å². The highest BCUT2D eigenvalue weighted by molar-refractivity contribution is 5.67. The second-order valence-corrected chi connectivity index (χ2v) is 4.89. The molecule has 1 aromatic heterocycles. The molecule has 19 heavy (non-hydrogen) atoms. The molecule has 0 fully saturated rings. The zero-order valence-electron chi connectivity index (χ0n) is 11.9. The van der Waals surface area contributed by atoms with E-state index in [-0.39, 0.29) is 12.5 Å². The highest BCUT2D eigenvalue weighted by Crippen LogP contribution is 2.19. The molecule has 1 unspecified atom stereocenters. The number of aromatic nitrogens is 4. The van der Waals surface area contributed by atoms with Gasteiger partial charge >= 0.3 is 5.97 Å². The van der Waals surface area contributed by atoms with E-state index in [2.05, 4.69) is 22.4 Å². The minimum Gasteiger partial charge on any atom is -0.481 e. The van der Waals surface area contributed by atoms with Gasteiger partial charge in [-0.25, -0.2) is 4.68 Å². The fourth-order valence-electron chi connectivity index (χ4n) is 2.22. The van der Waals surface area contributed by atoms with Crippen LogP contribution in [-0.4, -0.2) is 31.3 Å². The normalized spacial score (nSPS) is 12.5. The van der Waals surface area contributed by atoms with E-state index in [9.17, 15) is 4.79 Å². The van der Waals surface area contributed by atoms with Crippen molar-refractivity contribution < 1.29 is 9.90 Å². The maximum Gasteiger partial charge on any atom is 0.305 e. The fraction of sp³-hybridized carbons (Fsp3) is 0.846. The van der Waals surface area contributed by atoms with Crippen molar-refractivity contribution in [3.8, 4) is 0 Å². The molecule has 0 radical (unpaired) electrons. The van der Waals surface area contributed by atoms with Crippen molar-refractivity contribution >= 4 is 5.97 Å². The lowest BCUT2D eigenvalue weighted by Crippen LogP contribution is -2.17. The summed E-state index contributed by atoms with van der Waals surface area (Å²) in [6.45, 7) is 4.22. The van der Waals surface area contributed by atoms with E-state index in [1.165, 1.54) is 19.3 Å². The first-order valence-corrected chi connectivity index (χ1v) is 7.17. The zero-order valence-corrected chi connectivity index (χ0v) is 11.9. The Hall–Kier alpha value is -1.46. The van der Waals surface area contributed by atoms with Gasteiger partial charge in [-0.05, 0) is 23.3 Å². The summed E-state index contributed by atoms with van der Waals surface area (Å²) in [4.78, 5) is 10.9. The van der Waals surface area contributed by atoms with Gasteiger partial charge in [-0.1, -0.05) is 39.5 Å². The summed E-state index contributed by atoms with van der Waals surface area (Å²) < 4.78 is 1.71. The molecule has 0 aliphatic heterocycles. The van der Waals surface area contributed by atoms with Crippen molar-refractivity contribution in [1.29, 1.82) is 0 Å². The van der Waals surface area contributed by atoms with Crippen molar-refractivity contribution in [3.05, 3.63) is 5.82 Å². The Morgan fingerprint density at radius 2 is 2.05 bits per heavy atom. The summed E-state index contributed by atoms with van der Waals surface area (Å²) in [6.07, 6.45) is 7.26. The second-order valence-electron chi connectivity index (χ2n) is 4.89. The van der Waals surface area contributed by atoms with Crippen LogP contribution >= 0.6 is 0 Å². The summed E-state index contributed by atoms with van der Waals surface area (Å²) in [5.41, 5.74) is 0. The smallest absolute Gasteiger partial charge is 0.305 e. The predicted octanol–water partition coefficient (Wildman–Crippen LogP) is 2.61. The van der Waals surface area contributed by atoms with Crippen molar-refractivity contribution in [2.45, 2.75) is 71.3 Å². The minimum atomic E-state index is -0.800. The largest absolute Gasteiger partial charge is 0.481 e. The fourth-order valence-corrected chi connectivity index (χ4v) is 2.22. The Morgan fingerprint density at radius 3 is 2.68 bits per heavy atom. The number of nitrogens with zero attached hydrogens (tertiary/aromatic N) is 4. The number of tetrazole rings is 1. The molecule has 6 heteroatoms. The number of carboxylic acids is 1. The van der Waals surface area contributed by atoms with E-state index in [0.29, 0.717) is 0 Å². The van der Waals surface area contributed by atoms with Gasteiger partial charge in [0, 0.05) is 6.42 Å². The molecule has 1 aromatic rings. The maximum atomic E-state index is 10.9. The van der Waals surface area contributed by atoms with E-state index < -0.39 is 5.97 Å². The van der Waals surface area contributed by atoms with Crippen molar-refractivity contribution in [2.75, 3.05) is 0 Å². The van der Waals surface area contributed by atoms with E-state index in [4.69, 9.17) is 5.11 Å². The Bertz CT molecular complexity index is 378. The molecule has 1 atom stereocenters. The molecule has 1 heterocycles. The first-order chi connectivity index (χ1) is 9.19. The van der Waals surface area contributed by atoms with Gasteiger partial charge in [-0.15, -0.1) is 5.10 Å². The molecule has 6 nitrogen and oxygen atoms in total. The molecular weight excluding hydrogens is 244 g/mol. The van der Waals surface area contributed by atoms with Crippen molar-refractivity contribution in [3.63, 3.8) is 0 Å². The summed E-state index contributed by atoms with van der Waals surface area (Å²) in [5, 5.41) is 20.7. The van der Waals surface area contributed by atoms with Crippen LogP contribution in [0.25, 0.3) is 0 Å². The highest BCUT2D eigenvalue weighted by atomic mass is 16.4. The molecule has 0 spiro atoms. The first kappa shape index (κ1) is 15.6. The Labute approximate surface area is 114 Å². The van der Waals surface area contributed by atoms with Gasteiger partial charge in [0.05, 0.1) is 12.5 Å². The number of carboxylic acid groups (broad SMARTS) is 1.